The van der Waals surface area contributed by atoms with E-state index in [-0.39, 0.29) is 50.4 Å². The molecule has 2 aliphatic rings. The minimum atomic E-state index is -0.992. The number of likely N-dealkylation sites (N-methyl/N-ethyl adjacent to an activating group) is 2. The van der Waals surface area contributed by atoms with E-state index >= 15 is 0 Å². The first-order valence-electron chi connectivity index (χ1n) is 11.9. The SMILES string of the molecule is CNC(=O)Cc1cccc(N(C)C(=O)CN2CN(c3ccccc3)C3(CCN(C(=O)O)CC3)C2=O)c1. The van der Waals surface area contributed by atoms with Crippen LogP contribution < -0.4 is 15.1 Å². The topological polar surface area (TPSA) is 114 Å². The Hall–Kier alpha value is -4.08. The number of amides is 4. The van der Waals surface area contributed by atoms with Gasteiger partial charge in [-0.25, -0.2) is 4.79 Å². The fraction of sp³-hybridized carbons (Fsp3) is 0.385. The van der Waals surface area contributed by atoms with Crippen molar-refractivity contribution in [2.75, 3.05) is 50.2 Å². The Morgan fingerprint density at radius 1 is 1.06 bits per heavy atom. The fourth-order valence-corrected chi connectivity index (χ4v) is 4.95. The molecule has 2 aliphatic heterocycles. The molecule has 190 valence electrons. The van der Waals surface area contributed by atoms with Crippen molar-refractivity contribution in [3.8, 4) is 0 Å². The van der Waals surface area contributed by atoms with E-state index in [0.717, 1.165) is 11.3 Å². The molecule has 2 aromatic carbocycles. The van der Waals surface area contributed by atoms with E-state index in [1.165, 1.54) is 9.80 Å². The van der Waals surface area contributed by atoms with Crippen molar-refractivity contribution in [2.24, 2.45) is 0 Å². The Kier molecular flexibility index (Phi) is 7.14. The Labute approximate surface area is 210 Å². The number of nitrogens with zero attached hydrogens (tertiary/aromatic N) is 4. The Morgan fingerprint density at radius 3 is 2.39 bits per heavy atom. The number of anilines is 2. The van der Waals surface area contributed by atoms with E-state index in [1.807, 2.05) is 41.3 Å². The summed E-state index contributed by atoms with van der Waals surface area (Å²) in [5.74, 6) is -0.538. The second-order valence-corrected chi connectivity index (χ2v) is 9.18. The predicted molar refractivity (Wildman–Crippen MR) is 135 cm³/mol. The van der Waals surface area contributed by atoms with Crippen LogP contribution >= 0.6 is 0 Å². The van der Waals surface area contributed by atoms with E-state index in [0.29, 0.717) is 18.5 Å². The monoisotopic (exact) mass is 493 g/mol. The first-order chi connectivity index (χ1) is 17.2. The minimum absolute atomic E-state index is 0.108. The van der Waals surface area contributed by atoms with Crippen molar-refractivity contribution in [1.82, 2.24) is 15.1 Å². The van der Waals surface area contributed by atoms with Crippen molar-refractivity contribution in [1.29, 1.82) is 0 Å². The Morgan fingerprint density at radius 2 is 1.75 bits per heavy atom. The molecule has 0 unspecified atom stereocenters. The third kappa shape index (κ3) is 4.84. The number of rotatable bonds is 6. The van der Waals surface area contributed by atoms with Gasteiger partial charge in [0.1, 0.15) is 12.1 Å². The second kappa shape index (κ2) is 10.3. The number of hydrogen-bond donors (Lipinski definition) is 2. The lowest BCUT2D eigenvalue weighted by Gasteiger charge is -2.42. The highest BCUT2D eigenvalue weighted by Crippen LogP contribution is 2.39. The Balaban J connectivity index is 1.53. The van der Waals surface area contributed by atoms with Gasteiger partial charge in [0.2, 0.25) is 11.8 Å². The molecule has 2 saturated heterocycles. The number of nitrogens with one attached hydrogen (secondary N) is 1. The number of hydrogen-bond acceptors (Lipinski definition) is 5. The number of carboxylic acid groups (broad SMARTS) is 1. The summed E-state index contributed by atoms with van der Waals surface area (Å²) in [5.41, 5.74) is 1.39. The molecule has 0 bridgehead atoms. The zero-order valence-electron chi connectivity index (χ0n) is 20.5. The normalized spacial score (nSPS) is 16.8. The molecule has 10 heteroatoms. The molecule has 0 radical (unpaired) electrons. The predicted octanol–water partition coefficient (Wildman–Crippen LogP) is 1.76. The molecule has 2 N–H and O–H groups in total. The maximum absolute atomic E-state index is 13.7. The summed E-state index contributed by atoms with van der Waals surface area (Å²) >= 11 is 0. The van der Waals surface area contributed by atoms with Gasteiger partial charge in [0.05, 0.1) is 13.1 Å². The maximum atomic E-state index is 13.7. The summed E-state index contributed by atoms with van der Waals surface area (Å²) < 4.78 is 0. The van der Waals surface area contributed by atoms with E-state index in [4.69, 9.17) is 0 Å². The van der Waals surface area contributed by atoms with Crippen LogP contribution in [0.4, 0.5) is 16.2 Å². The van der Waals surface area contributed by atoms with Crippen LogP contribution in [0.15, 0.2) is 54.6 Å². The molecule has 2 fully saturated rings. The summed E-state index contributed by atoms with van der Waals surface area (Å²) in [7, 11) is 3.23. The van der Waals surface area contributed by atoms with Gasteiger partial charge in [0.15, 0.2) is 0 Å². The van der Waals surface area contributed by atoms with Crippen LogP contribution in [0.2, 0.25) is 0 Å². The molecule has 0 atom stereocenters. The quantitative estimate of drug-likeness (QED) is 0.634. The lowest BCUT2D eigenvalue weighted by atomic mass is 9.85. The highest BCUT2D eigenvalue weighted by molar-refractivity contribution is 6.00. The standard InChI is InChI=1S/C26H31N5O5/c1-27-22(32)16-19-7-6-10-21(15-19)28(2)23(33)17-30-18-31(20-8-4-3-5-9-20)26(24(30)34)11-13-29(14-12-26)25(35)36/h3-10,15H,11-14,16-18H2,1-2H3,(H,27,32)(H,35,36). The molecule has 2 heterocycles. The van der Waals surface area contributed by atoms with Crippen LogP contribution in [-0.4, -0.2) is 84.7 Å². The minimum Gasteiger partial charge on any atom is -0.465 e. The van der Waals surface area contributed by atoms with Crippen LogP contribution in [0.1, 0.15) is 18.4 Å². The second-order valence-electron chi connectivity index (χ2n) is 9.18. The molecule has 0 saturated carbocycles. The number of likely N-dealkylation sites (tertiary alicyclic amines) is 1. The largest absolute Gasteiger partial charge is 0.465 e. The van der Waals surface area contributed by atoms with E-state index < -0.39 is 11.6 Å². The lowest BCUT2D eigenvalue weighted by Crippen LogP contribution is -2.57. The van der Waals surface area contributed by atoms with Crippen molar-refractivity contribution in [3.63, 3.8) is 0 Å². The van der Waals surface area contributed by atoms with Gasteiger partial charge in [-0.1, -0.05) is 30.3 Å². The van der Waals surface area contributed by atoms with Crippen LogP contribution in [-0.2, 0) is 20.8 Å². The van der Waals surface area contributed by atoms with Crippen molar-refractivity contribution in [3.05, 3.63) is 60.2 Å². The zero-order chi connectivity index (χ0) is 25.9. The number of carbonyl (C=O) groups excluding carboxylic acids is 3. The fourth-order valence-electron chi connectivity index (χ4n) is 4.95. The third-order valence-corrected chi connectivity index (χ3v) is 7.08. The van der Waals surface area contributed by atoms with Crippen LogP contribution in [0.25, 0.3) is 0 Å². The maximum Gasteiger partial charge on any atom is 0.407 e. The molecular formula is C26H31N5O5. The van der Waals surface area contributed by atoms with Gasteiger partial charge in [0, 0.05) is 38.6 Å². The van der Waals surface area contributed by atoms with Gasteiger partial charge >= 0.3 is 6.09 Å². The van der Waals surface area contributed by atoms with E-state index in [2.05, 4.69) is 5.32 Å². The smallest absolute Gasteiger partial charge is 0.407 e. The molecule has 2 aromatic rings. The van der Waals surface area contributed by atoms with Crippen molar-refractivity contribution >= 4 is 35.2 Å². The van der Waals surface area contributed by atoms with Gasteiger partial charge in [-0.3, -0.25) is 14.4 Å². The molecule has 36 heavy (non-hydrogen) atoms. The van der Waals surface area contributed by atoms with Crippen molar-refractivity contribution in [2.45, 2.75) is 24.8 Å². The molecule has 0 aromatic heterocycles. The summed E-state index contributed by atoms with van der Waals surface area (Å²) in [6, 6.07) is 16.7. The molecule has 0 aliphatic carbocycles. The molecule has 1 spiro atoms. The summed E-state index contributed by atoms with van der Waals surface area (Å²) in [6.07, 6.45) is -0.0721. The van der Waals surface area contributed by atoms with Crippen LogP contribution in [0, 0.1) is 0 Å². The highest BCUT2D eigenvalue weighted by Gasteiger charge is 2.54. The third-order valence-electron chi connectivity index (χ3n) is 7.08. The molecule has 10 nitrogen and oxygen atoms in total. The number of carbonyl (C=O) groups is 4. The number of piperidine rings is 1. The van der Waals surface area contributed by atoms with E-state index in [1.54, 1.807) is 37.2 Å². The highest BCUT2D eigenvalue weighted by atomic mass is 16.4. The average molecular weight is 494 g/mol. The van der Waals surface area contributed by atoms with Crippen LogP contribution in [0.3, 0.4) is 0 Å². The number of para-hydroxylation sites is 1. The van der Waals surface area contributed by atoms with Gasteiger partial charge in [-0.15, -0.1) is 0 Å². The summed E-state index contributed by atoms with van der Waals surface area (Å²) in [4.78, 5) is 56.6. The first kappa shape index (κ1) is 25.0. The van der Waals surface area contributed by atoms with E-state index in [9.17, 15) is 24.3 Å². The van der Waals surface area contributed by atoms with Gasteiger partial charge in [-0.2, -0.15) is 0 Å². The summed E-state index contributed by atoms with van der Waals surface area (Å²) in [5, 5.41) is 12.0. The Bertz CT molecular complexity index is 1150. The molecule has 4 rings (SSSR count). The molecular weight excluding hydrogens is 462 g/mol. The first-order valence-corrected chi connectivity index (χ1v) is 11.9. The molecule has 4 amide bonds. The van der Waals surface area contributed by atoms with Gasteiger partial charge in [0.25, 0.3) is 5.91 Å². The van der Waals surface area contributed by atoms with Gasteiger partial charge in [-0.05, 0) is 42.7 Å². The average Bonchev–Trinajstić information content (AvgIpc) is 3.15. The van der Waals surface area contributed by atoms with Crippen LogP contribution in [0.5, 0.6) is 0 Å². The summed E-state index contributed by atoms with van der Waals surface area (Å²) in [6.45, 7) is 0.642. The number of benzene rings is 2. The lowest BCUT2D eigenvalue weighted by molar-refractivity contribution is -0.136. The van der Waals surface area contributed by atoms with Gasteiger partial charge < -0.3 is 30.0 Å². The zero-order valence-corrected chi connectivity index (χ0v) is 20.5. The van der Waals surface area contributed by atoms with Crippen molar-refractivity contribution < 1.29 is 24.3 Å².